The smallest absolute Gasteiger partial charge is 0.217 e. The molecule has 0 saturated carbocycles. The van der Waals surface area contributed by atoms with Crippen molar-refractivity contribution in [2.75, 3.05) is 23.7 Å². The van der Waals surface area contributed by atoms with Gasteiger partial charge in [-0.3, -0.25) is 0 Å². The van der Waals surface area contributed by atoms with Gasteiger partial charge in [0.15, 0.2) is 0 Å². The molecule has 11 heavy (non-hydrogen) atoms. The summed E-state index contributed by atoms with van der Waals surface area (Å²) in [5.74, 6) is 1.09. The molecule has 1 aromatic heterocycles. The number of hydrogen-bond donors (Lipinski definition) is 1. The van der Waals surface area contributed by atoms with Crippen molar-refractivity contribution in [3.05, 3.63) is 0 Å². The molecule has 0 spiro atoms. The highest BCUT2D eigenvalue weighted by atomic mass is 16.6. The monoisotopic (exact) mass is 154 g/mol. The van der Waals surface area contributed by atoms with Gasteiger partial charge in [-0.2, -0.15) is 0 Å². The number of anilines is 2. The summed E-state index contributed by atoms with van der Waals surface area (Å²) in [6.45, 7) is 2.02. The highest BCUT2D eigenvalue weighted by Gasteiger charge is 2.18. The number of rotatable bonds is 1. The van der Waals surface area contributed by atoms with Gasteiger partial charge in [-0.1, -0.05) is 0 Å². The van der Waals surface area contributed by atoms with Crippen LogP contribution < -0.4 is 10.6 Å². The van der Waals surface area contributed by atoms with Crippen molar-refractivity contribution in [2.45, 2.75) is 12.8 Å². The van der Waals surface area contributed by atoms with Crippen molar-refractivity contribution < 1.29 is 4.63 Å². The first-order chi connectivity index (χ1) is 5.38. The maximum atomic E-state index is 5.51. The van der Waals surface area contributed by atoms with E-state index < -0.39 is 0 Å². The average molecular weight is 154 g/mol. The Labute approximate surface area is 64.1 Å². The molecular weight excluding hydrogens is 144 g/mol. The third-order valence-electron chi connectivity index (χ3n) is 1.90. The molecule has 5 nitrogen and oxygen atoms in total. The van der Waals surface area contributed by atoms with Crippen LogP contribution in [0.1, 0.15) is 12.8 Å². The van der Waals surface area contributed by atoms with Crippen molar-refractivity contribution in [1.29, 1.82) is 0 Å². The van der Waals surface area contributed by atoms with Gasteiger partial charge >= 0.3 is 0 Å². The lowest BCUT2D eigenvalue weighted by atomic mass is 10.4. The minimum absolute atomic E-state index is 0.395. The second-order valence-electron chi connectivity index (χ2n) is 2.67. The largest absolute Gasteiger partial charge is 0.378 e. The molecule has 0 amide bonds. The molecule has 0 radical (unpaired) electrons. The number of aromatic nitrogens is 2. The van der Waals surface area contributed by atoms with E-state index in [0.29, 0.717) is 11.6 Å². The Kier molecular flexibility index (Phi) is 1.41. The molecule has 0 unspecified atom stereocenters. The summed E-state index contributed by atoms with van der Waals surface area (Å²) in [5.41, 5.74) is 5.51. The zero-order chi connectivity index (χ0) is 7.68. The Balaban J connectivity index is 2.21. The van der Waals surface area contributed by atoms with E-state index >= 15 is 0 Å². The average Bonchev–Trinajstić information content (AvgIpc) is 2.55. The Morgan fingerprint density at radius 2 is 2.00 bits per heavy atom. The van der Waals surface area contributed by atoms with Crippen LogP contribution in [0.3, 0.4) is 0 Å². The van der Waals surface area contributed by atoms with Gasteiger partial charge < -0.3 is 10.6 Å². The van der Waals surface area contributed by atoms with E-state index in [2.05, 4.69) is 19.8 Å². The Bertz CT molecular complexity index is 240. The predicted molar refractivity (Wildman–Crippen MR) is 40.2 cm³/mol. The van der Waals surface area contributed by atoms with Crippen LogP contribution in [0.4, 0.5) is 11.6 Å². The van der Waals surface area contributed by atoms with Gasteiger partial charge in [0.25, 0.3) is 0 Å². The van der Waals surface area contributed by atoms with Gasteiger partial charge in [-0.05, 0) is 23.2 Å². The number of nitrogen functional groups attached to an aromatic ring is 1. The summed E-state index contributed by atoms with van der Waals surface area (Å²) < 4.78 is 4.49. The van der Waals surface area contributed by atoms with E-state index in [4.69, 9.17) is 5.73 Å². The molecule has 5 heteroatoms. The van der Waals surface area contributed by atoms with E-state index in [-0.39, 0.29) is 0 Å². The molecule has 0 atom stereocenters. The fraction of sp³-hybridized carbons (Fsp3) is 0.667. The van der Waals surface area contributed by atoms with E-state index in [1.54, 1.807) is 0 Å². The highest BCUT2D eigenvalue weighted by molar-refractivity contribution is 5.56. The van der Waals surface area contributed by atoms with Crippen LogP contribution in [0.5, 0.6) is 0 Å². The molecule has 1 aliphatic heterocycles. The summed E-state index contributed by atoms with van der Waals surface area (Å²) >= 11 is 0. The maximum absolute atomic E-state index is 5.51. The number of nitrogens with zero attached hydrogens (tertiary/aromatic N) is 3. The Morgan fingerprint density at radius 1 is 1.27 bits per heavy atom. The van der Waals surface area contributed by atoms with Crippen molar-refractivity contribution in [1.82, 2.24) is 10.3 Å². The summed E-state index contributed by atoms with van der Waals surface area (Å²) in [7, 11) is 0. The van der Waals surface area contributed by atoms with Crippen molar-refractivity contribution in [3.63, 3.8) is 0 Å². The second-order valence-corrected chi connectivity index (χ2v) is 2.67. The highest BCUT2D eigenvalue weighted by Crippen LogP contribution is 2.21. The second kappa shape index (κ2) is 2.41. The van der Waals surface area contributed by atoms with E-state index in [0.717, 1.165) is 13.1 Å². The van der Waals surface area contributed by atoms with Crippen LogP contribution in [0.15, 0.2) is 4.63 Å². The molecular formula is C6H10N4O. The lowest BCUT2D eigenvalue weighted by molar-refractivity contribution is 0.309. The molecule has 2 heterocycles. The summed E-state index contributed by atoms with van der Waals surface area (Å²) in [6.07, 6.45) is 2.40. The molecule has 1 aliphatic rings. The minimum Gasteiger partial charge on any atom is -0.378 e. The quantitative estimate of drug-likeness (QED) is 0.628. The third-order valence-corrected chi connectivity index (χ3v) is 1.90. The van der Waals surface area contributed by atoms with E-state index in [1.165, 1.54) is 12.8 Å². The van der Waals surface area contributed by atoms with Crippen LogP contribution in [0.25, 0.3) is 0 Å². The van der Waals surface area contributed by atoms with Gasteiger partial charge in [-0.15, -0.1) is 0 Å². The SMILES string of the molecule is Nc1nonc1N1CCCC1. The first kappa shape index (κ1) is 6.45. The fourth-order valence-electron chi connectivity index (χ4n) is 1.34. The van der Waals surface area contributed by atoms with E-state index in [9.17, 15) is 0 Å². The topological polar surface area (TPSA) is 68.2 Å². The lowest BCUT2D eigenvalue weighted by Gasteiger charge is -2.11. The van der Waals surface area contributed by atoms with Gasteiger partial charge in [0, 0.05) is 13.1 Å². The molecule has 2 rings (SSSR count). The van der Waals surface area contributed by atoms with Gasteiger partial charge in [-0.25, -0.2) is 4.63 Å². The van der Waals surface area contributed by atoms with Crippen molar-refractivity contribution in [3.8, 4) is 0 Å². The van der Waals surface area contributed by atoms with E-state index in [1.807, 2.05) is 0 Å². The molecule has 1 saturated heterocycles. The van der Waals surface area contributed by atoms with Crippen LogP contribution in [0.2, 0.25) is 0 Å². The first-order valence-corrected chi connectivity index (χ1v) is 3.71. The van der Waals surface area contributed by atoms with Gasteiger partial charge in [0.05, 0.1) is 0 Å². The van der Waals surface area contributed by atoms with Crippen molar-refractivity contribution in [2.24, 2.45) is 0 Å². The molecule has 1 fully saturated rings. The minimum atomic E-state index is 0.395. The lowest BCUT2D eigenvalue weighted by Crippen LogP contribution is -2.19. The molecule has 60 valence electrons. The van der Waals surface area contributed by atoms with Crippen LogP contribution in [-0.2, 0) is 0 Å². The summed E-state index contributed by atoms with van der Waals surface area (Å²) in [4.78, 5) is 2.09. The fourth-order valence-corrected chi connectivity index (χ4v) is 1.34. The van der Waals surface area contributed by atoms with Crippen LogP contribution in [0, 0.1) is 0 Å². The zero-order valence-corrected chi connectivity index (χ0v) is 6.16. The number of nitrogens with two attached hydrogens (primary N) is 1. The number of hydrogen-bond acceptors (Lipinski definition) is 5. The predicted octanol–water partition coefficient (Wildman–Crippen LogP) is 0.252. The molecule has 0 aromatic carbocycles. The Morgan fingerprint density at radius 3 is 2.55 bits per heavy atom. The van der Waals surface area contributed by atoms with Gasteiger partial charge in [0.2, 0.25) is 11.6 Å². The standard InChI is InChI=1S/C6H10N4O/c7-5-6(9-11-8-5)10-3-1-2-4-10/h1-4H2,(H2,7,8). The molecule has 1 aromatic rings. The van der Waals surface area contributed by atoms with Crippen LogP contribution in [-0.4, -0.2) is 23.4 Å². The Hall–Kier alpha value is -1.26. The maximum Gasteiger partial charge on any atom is 0.217 e. The van der Waals surface area contributed by atoms with Crippen LogP contribution >= 0.6 is 0 Å². The van der Waals surface area contributed by atoms with Gasteiger partial charge in [0.1, 0.15) is 0 Å². The zero-order valence-electron chi connectivity index (χ0n) is 6.16. The molecule has 0 aliphatic carbocycles. The molecule has 0 bridgehead atoms. The summed E-state index contributed by atoms with van der Waals surface area (Å²) in [6, 6.07) is 0. The summed E-state index contributed by atoms with van der Waals surface area (Å²) in [5, 5.41) is 7.22. The first-order valence-electron chi connectivity index (χ1n) is 3.71. The molecule has 2 N–H and O–H groups in total. The normalized spacial score (nSPS) is 17.6. The van der Waals surface area contributed by atoms with Crippen molar-refractivity contribution >= 4 is 11.6 Å². The third kappa shape index (κ3) is 1.02.